The number of nitrogens with two attached hydrogens (primary N) is 1. The lowest BCUT2D eigenvalue weighted by molar-refractivity contribution is 0.271. The molecule has 1 aromatic carbocycles. The molecule has 1 aliphatic rings. The molecular weight excluding hydrogens is 264 g/mol. The van der Waals surface area contributed by atoms with Crippen molar-refractivity contribution in [2.45, 2.75) is 45.6 Å². The van der Waals surface area contributed by atoms with Crippen LogP contribution in [0, 0.1) is 5.92 Å². The third-order valence-electron chi connectivity index (χ3n) is 4.28. The molecule has 1 unspecified atom stereocenters. The number of nitrogens with zero attached hydrogens (tertiary/aromatic N) is 1. The topological polar surface area (TPSA) is 29.3 Å². The largest absolute Gasteiger partial charge is 0.389 e. The number of rotatable bonds is 5. The number of thiocarbonyl (C=S) groups is 1. The van der Waals surface area contributed by atoms with Gasteiger partial charge < -0.3 is 5.73 Å². The summed E-state index contributed by atoms with van der Waals surface area (Å²) in [6, 6.07) is 8.39. The van der Waals surface area contributed by atoms with E-state index in [1.54, 1.807) is 0 Å². The minimum absolute atomic E-state index is 0.480. The lowest BCUT2D eigenvalue weighted by Crippen LogP contribution is -2.24. The van der Waals surface area contributed by atoms with Gasteiger partial charge in [-0.25, -0.2) is 0 Å². The van der Waals surface area contributed by atoms with Crippen molar-refractivity contribution in [3.05, 3.63) is 35.4 Å². The summed E-state index contributed by atoms with van der Waals surface area (Å²) in [6.07, 6.45) is 6.83. The Morgan fingerprint density at radius 1 is 1.25 bits per heavy atom. The van der Waals surface area contributed by atoms with Crippen LogP contribution in [0.3, 0.4) is 0 Å². The second kappa shape index (κ2) is 7.75. The van der Waals surface area contributed by atoms with Gasteiger partial charge in [-0.15, -0.1) is 0 Å². The summed E-state index contributed by atoms with van der Waals surface area (Å²) >= 11 is 4.99. The highest BCUT2D eigenvalue weighted by Crippen LogP contribution is 2.22. The van der Waals surface area contributed by atoms with Crippen molar-refractivity contribution in [3.63, 3.8) is 0 Å². The molecular formula is C17H26N2S. The van der Waals surface area contributed by atoms with Crippen LogP contribution in [0.5, 0.6) is 0 Å². The van der Waals surface area contributed by atoms with Crippen molar-refractivity contribution in [3.8, 4) is 0 Å². The Bertz CT molecular complexity index is 427. The molecule has 1 aliphatic heterocycles. The van der Waals surface area contributed by atoms with Crippen LogP contribution in [0.25, 0.3) is 0 Å². The molecule has 0 aromatic heterocycles. The maximum Gasteiger partial charge on any atom is 0.103 e. The zero-order valence-electron chi connectivity index (χ0n) is 12.5. The number of hydrogen-bond donors (Lipinski definition) is 1. The molecule has 1 atom stereocenters. The second-order valence-corrected chi connectivity index (χ2v) is 6.36. The molecule has 1 fully saturated rings. The van der Waals surface area contributed by atoms with Gasteiger partial charge in [0, 0.05) is 12.1 Å². The normalized spacial score (nSPS) is 20.6. The van der Waals surface area contributed by atoms with Gasteiger partial charge in [-0.2, -0.15) is 0 Å². The average molecular weight is 290 g/mol. The Hall–Kier alpha value is -0.930. The highest BCUT2D eigenvalue weighted by Gasteiger charge is 2.16. The maximum atomic E-state index is 5.63. The van der Waals surface area contributed by atoms with E-state index in [2.05, 4.69) is 24.0 Å². The molecule has 2 rings (SSSR count). The van der Waals surface area contributed by atoms with E-state index < -0.39 is 0 Å². The van der Waals surface area contributed by atoms with Crippen LogP contribution < -0.4 is 5.73 Å². The molecule has 0 aliphatic carbocycles. The van der Waals surface area contributed by atoms with Crippen LogP contribution >= 0.6 is 12.2 Å². The van der Waals surface area contributed by atoms with Gasteiger partial charge in [-0.3, -0.25) is 4.90 Å². The first-order chi connectivity index (χ1) is 9.69. The summed E-state index contributed by atoms with van der Waals surface area (Å²) in [4.78, 5) is 3.07. The van der Waals surface area contributed by atoms with Gasteiger partial charge in [0.25, 0.3) is 0 Å². The lowest BCUT2D eigenvalue weighted by Gasteiger charge is -2.20. The molecule has 2 N–H and O–H groups in total. The Morgan fingerprint density at radius 2 is 2.00 bits per heavy atom. The van der Waals surface area contributed by atoms with E-state index in [4.69, 9.17) is 18.0 Å². The summed E-state index contributed by atoms with van der Waals surface area (Å²) in [5, 5.41) is 0. The van der Waals surface area contributed by atoms with Crippen LogP contribution in [0.4, 0.5) is 0 Å². The fraction of sp³-hybridized carbons (Fsp3) is 0.588. The molecule has 0 radical (unpaired) electrons. The molecule has 1 aromatic rings. The Kier molecular flexibility index (Phi) is 5.99. The summed E-state index contributed by atoms with van der Waals surface area (Å²) < 4.78 is 0. The maximum absolute atomic E-state index is 5.63. The molecule has 0 bridgehead atoms. The standard InChI is InChI=1S/C17H26N2S/c1-2-4-14-5-3-11-19(12-10-14)13-15-6-8-16(9-7-15)17(18)20/h6-9,14H,2-5,10-13H2,1H3,(H2,18,20). The molecule has 1 heterocycles. The zero-order chi connectivity index (χ0) is 14.4. The monoisotopic (exact) mass is 290 g/mol. The number of hydrogen-bond acceptors (Lipinski definition) is 2. The molecule has 0 saturated carbocycles. The first kappa shape index (κ1) is 15.5. The van der Waals surface area contributed by atoms with Gasteiger partial charge in [0.1, 0.15) is 4.99 Å². The molecule has 2 nitrogen and oxygen atoms in total. The lowest BCUT2D eigenvalue weighted by atomic mass is 9.96. The highest BCUT2D eigenvalue weighted by molar-refractivity contribution is 7.80. The molecule has 1 saturated heterocycles. The van der Waals surface area contributed by atoms with Crippen molar-refractivity contribution < 1.29 is 0 Å². The van der Waals surface area contributed by atoms with E-state index in [1.807, 2.05) is 12.1 Å². The third-order valence-corrected chi connectivity index (χ3v) is 4.52. The highest BCUT2D eigenvalue weighted by atomic mass is 32.1. The number of likely N-dealkylation sites (tertiary alicyclic amines) is 1. The SMILES string of the molecule is CCCC1CCCN(Cc2ccc(C(N)=S)cc2)CC1. The van der Waals surface area contributed by atoms with Gasteiger partial charge in [-0.1, -0.05) is 56.2 Å². The molecule has 0 spiro atoms. The molecule has 3 heteroatoms. The van der Waals surface area contributed by atoms with E-state index in [-0.39, 0.29) is 0 Å². The molecule has 20 heavy (non-hydrogen) atoms. The quantitative estimate of drug-likeness (QED) is 0.838. The van der Waals surface area contributed by atoms with Crippen molar-refractivity contribution in [2.24, 2.45) is 11.7 Å². The summed E-state index contributed by atoms with van der Waals surface area (Å²) in [6.45, 7) is 5.82. The van der Waals surface area contributed by atoms with Crippen LogP contribution in [-0.4, -0.2) is 23.0 Å². The van der Waals surface area contributed by atoms with Crippen molar-refractivity contribution in [1.82, 2.24) is 4.90 Å². The van der Waals surface area contributed by atoms with Crippen LogP contribution in [0.15, 0.2) is 24.3 Å². The van der Waals surface area contributed by atoms with E-state index in [0.717, 1.165) is 18.0 Å². The summed E-state index contributed by atoms with van der Waals surface area (Å²) in [5.74, 6) is 0.946. The van der Waals surface area contributed by atoms with Gasteiger partial charge in [0.2, 0.25) is 0 Å². The van der Waals surface area contributed by atoms with E-state index >= 15 is 0 Å². The Labute approximate surface area is 128 Å². The summed E-state index contributed by atoms with van der Waals surface area (Å²) in [7, 11) is 0. The number of benzene rings is 1. The van der Waals surface area contributed by atoms with Gasteiger partial charge in [0.15, 0.2) is 0 Å². The van der Waals surface area contributed by atoms with Gasteiger partial charge in [-0.05, 0) is 43.8 Å². The van der Waals surface area contributed by atoms with E-state index in [0.29, 0.717) is 4.99 Å². The fourth-order valence-electron chi connectivity index (χ4n) is 3.11. The van der Waals surface area contributed by atoms with Gasteiger partial charge in [0.05, 0.1) is 0 Å². The second-order valence-electron chi connectivity index (χ2n) is 5.92. The van der Waals surface area contributed by atoms with E-state index in [9.17, 15) is 0 Å². The smallest absolute Gasteiger partial charge is 0.103 e. The minimum Gasteiger partial charge on any atom is -0.389 e. The predicted octanol–water partition coefficient (Wildman–Crippen LogP) is 3.72. The van der Waals surface area contributed by atoms with Gasteiger partial charge >= 0.3 is 0 Å². The van der Waals surface area contributed by atoms with Crippen molar-refractivity contribution in [2.75, 3.05) is 13.1 Å². The Morgan fingerprint density at radius 3 is 2.65 bits per heavy atom. The van der Waals surface area contributed by atoms with Crippen molar-refractivity contribution in [1.29, 1.82) is 0 Å². The fourth-order valence-corrected chi connectivity index (χ4v) is 3.25. The van der Waals surface area contributed by atoms with E-state index in [1.165, 1.54) is 50.8 Å². The molecule has 110 valence electrons. The van der Waals surface area contributed by atoms with Crippen LogP contribution in [0.2, 0.25) is 0 Å². The Balaban J connectivity index is 1.88. The molecule has 0 amide bonds. The summed E-state index contributed by atoms with van der Waals surface area (Å²) in [5.41, 5.74) is 7.95. The predicted molar refractivity (Wildman–Crippen MR) is 89.9 cm³/mol. The minimum atomic E-state index is 0.480. The first-order valence-electron chi connectivity index (χ1n) is 7.80. The van der Waals surface area contributed by atoms with Crippen LogP contribution in [-0.2, 0) is 6.54 Å². The van der Waals surface area contributed by atoms with Crippen molar-refractivity contribution >= 4 is 17.2 Å². The average Bonchev–Trinajstić information content (AvgIpc) is 2.66. The van der Waals surface area contributed by atoms with Crippen LogP contribution in [0.1, 0.15) is 50.2 Å². The third kappa shape index (κ3) is 4.57. The first-order valence-corrected chi connectivity index (χ1v) is 8.21. The zero-order valence-corrected chi connectivity index (χ0v) is 13.3.